The number of amides is 1. The van der Waals surface area contributed by atoms with Crippen molar-refractivity contribution in [1.29, 1.82) is 0 Å². The summed E-state index contributed by atoms with van der Waals surface area (Å²) in [5, 5.41) is 0. The van der Waals surface area contributed by atoms with Crippen LogP contribution in [0.4, 0.5) is 4.39 Å². The van der Waals surface area contributed by atoms with Gasteiger partial charge in [-0.15, -0.1) is 0 Å². The Morgan fingerprint density at radius 1 is 1.23 bits per heavy atom. The van der Waals surface area contributed by atoms with E-state index in [0.29, 0.717) is 30.9 Å². The summed E-state index contributed by atoms with van der Waals surface area (Å²) in [6, 6.07) is 6.85. The van der Waals surface area contributed by atoms with Crippen LogP contribution in [0.15, 0.2) is 24.3 Å². The molecule has 0 bridgehead atoms. The Kier molecular flexibility index (Phi) is 7.52. The Balaban J connectivity index is 2.42. The SMILES string of the molecule is CC(CCc1ccccc1F)C(=O)N(C)CCC(N)C(C)C. The molecule has 0 saturated carbocycles. The first-order chi connectivity index (χ1) is 10.3. The van der Waals surface area contributed by atoms with Gasteiger partial charge < -0.3 is 10.6 Å². The molecule has 0 aliphatic heterocycles. The van der Waals surface area contributed by atoms with Gasteiger partial charge in [0.2, 0.25) is 5.91 Å². The monoisotopic (exact) mass is 308 g/mol. The summed E-state index contributed by atoms with van der Waals surface area (Å²) in [6.07, 6.45) is 2.04. The Morgan fingerprint density at radius 3 is 2.45 bits per heavy atom. The lowest BCUT2D eigenvalue weighted by molar-refractivity contribution is -0.133. The molecule has 0 aliphatic rings. The van der Waals surface area contributed by atoms with Crippen molar-refractivity contribution in [3.8, 4) is 0 Å². The van der Waals surface area contributed by atoms with Crippen molar-refractivity contribution in [3.05, 3.63) is 35.6 Å². The van der Waals surface area contributed by atoms with E-state index >= 15 is 0 Å². The van der Waals surface area contributed by atoms with Gasteiger partial charge >= 0.3 is 0 Å². The molecule has 124 valence electrons. The maximum absolute atomic E-state index is 13.6. The van der Waals surface area contributed by atoms with Crippen LogP contribution in [0.2, 0.25) is 0 Å². The molecule has 1 rings (SSSR count). The lowest BCUT2D eigenvalue weighted by atomic mass is 9.98. The molecule has 0 aliphatic carbocycles. The molecule has 2 unspecified atom stereocenters. The molecule has 0 heterocycles. The second-order valence-electron chi connectivity index (χ2n) is 6.49. The maximum Gasteiger partial charge on any atom is 0.225 e. The average molecular weight is 308 g/mol. The molecule has 0 saturated heterocycles. The molecule has 0 fully saturated rings. The topological polar surface area (TPSA) is 46.3 Å². The molecule has 3 nitrogen and oxygen atoms in total. The normalized spacial score (nSPS) is 14.0. The highest BCUT2D eigenvalue weighted by atomic mass is 19.1. The maximum atomic E-state index is 13.6. The highest BCUT2D eigenvalue weighted by Crippen LogP contribution is 2.15. The minimum atomic E-state index is -0.196. The summed E-state index contributed by atoms with van der Waals surface area (Å²) in [5.41, 5.74) is 6.69. The van der Waals surface area contributed by atoms with Crippen LogP contribution in [-0.2, 0) is 11.2 Å². The zero-order chi connectivity index (χ0) is 16.7. The summed E-state index contributed by atoms with van der Waals surface area (Å²) in [5.74, 6) is 0.215. The summed E-state index contributed by atoms with van der Waals surface area (Å²) in [6.45, 7) is 6.75. The van der Waals surface area contributed by atoms with Gasteiger partial charge in [-0.3, -0.25) is 4.79 Å². The van der Waals surface area contributed by atoms with E-state index in [4.69, 9.17) is 5.73 Å². The molecule has 1 aromatic rings. The third-order valence-electron chi connectivity index (χ3n) is 4.26. The molecule has 1 aromatic carbocycles. The predicted molar refractivity (Wildman–Crippen MR) is 89.0 cm³/mol. The van der Waals surface area contributed by atoms with Gasteiger partial charge in [0.1, 0.15) is 5.82 Å². The van der Waals surface area contributed by atoms with Gasteiger partial charge in [-0.05, 0) is 36.8 Å². The number of nitrogens with zero attached hydrogens (tertiary/aromatic N) is 1. The van der Waals surface area contributed by atoms with Crippen molar-refractivity contribution in [3.63, 3.8) is 0 Å². The van der Waals surface area contributed by atoms with Crippen molar-refractivity contribution < 1.29 is 9.18 Å². The molecule has 0 spiro atoms. The van der Waals surface area contributed by atoms with Crippen LogP contribution < -0.4 is 5.73 Å². The highest BCUT2D eigenvalue weighted by Gasteiger charge is 2.19. The number of rotatable bonds is 8. The van der Waals surface area contributed by atoms with E-state index < -0.39 is 0 Å². The second-order valence-corrected chi connectivity index (χ2v) is 6.49. The van der Waals surface area contributed by atoms with E-state index in [1.165, 1.54) is 6.07 Å². The predicted octanol–water partition coefficient (Wildman–Crippen LogP) is 3.23. The van der Waals surface area contributed by atoms with E-state index in [1.807, 2.05) is 20.0 Å². The number of hydrogen-bond acceptors (Lipinski definition) is 2. The van der Waals surface area contributed by atoms with Crippen molar-refractivity contribution >= 4 is 5.91 Å². The van der Waals surface area contributed by atoms with Gasteiger partial charge in [0.25, 0.3) is 0 Å². The molecule has 22 heavy (non-hydrogen) atoms. The molecule has 1 amide bonds. The highest BCUT2D eigenvalue weighted by molar-refractivity contribution is 5.78. The van der Waals surface area contributed by atoms with Crippen LogP contribution in [-0.4, -0.2) is 30.4 Å². The lowest BCUT2D eigenvalue weighted by Crippen LogP contribution is -2.37. The minimum Gasteiger partial charge on any atom is -0.345 e. The van der Waals surface area contributed by atoms with Gasteiger partial charge in [0, 0.05) is 25.6 Å². The smallest absolute Gasteiger partial charge is 0.225 e. The number of carbonyl (C=O) groups excluding carboxylic acids is 1. The Bertz CT molecular complexity index is 476. The Morgan fingerprint density at radius 2 is 1.86 bits per heavy atom. The van der Waals surface area contributed by atoms with Crippen molar-refractivity contribution in [2.75, 3.05) is 13.6 Å². The Labute approximate surface area is 133 Å². The summed E-state index contributed by atoms with van der Waals surface area (Å²) in [4.78, 5) is 14.1. The van der Waals surface area contributed by atoms with E-state index in [2.05, 4.69) is 13.8 Å². The Hall–Kier alpha value is -1.42. The fourth-order valence-electron chi connectivity index (χ4n) is 2.36. The van der Waals surface area contributed by atoms with Crippen LogP contribution in [0.1, 0.15) is 39.2 Å². The van der Waals surface area contributed by atoms with Gasteiger partial charge in [0.05, 0.1) is 0 Å². The number of carbonyl (C=O) groups is 1. The van der Waals surface area contributed by atoms with Gasteiger partial charge in [-0.25, -0.2) is 4.39 Å². The first-order valence-corrected chi connectivity index (χ1v) is 8.06. The van der Waals surface area contributed by atoms with Gasteiger partial charge in [-0.1, -0.05) is 39.0 Å². The number of benzene rings is 1. The van der Waals surface area contributed by atoms with Crippen LogP contribution in [0.5, 0.6) is 0 Å². The van der Waals surface area contributed by atoms with Crippen LogP contribution in [0.3, 0.4) is 0 Å². The molecular weight excluding hydrogens is 279 g/mol. The molecular formula is C18H29FN2O. The molecule has 2 N–H and O–H groups in total. The van der Waals surface area contributed by atoms with E-state index in [0.717, 1.165) is 6.42 Å². The fourth-order valence-corrected chi connectivity index (χ4v) is 2.36. The number of hydrogen-bond donors (Lipinski definition) is 1. The van der Waals surface area contributed by atoms with E-state index in [-0.39, 0.29) is 23.7 Å². The third kappa shape index (κ3) is 5.76. The standard InChI is InChI=1S/C18H29FN2O/c1-13(2)17(20)11-12-21(4)18(22)14(3)9-10-15-7-5-6-8-16(15)19/h5-8,13-14,17H,9-12,20H2,1-4H3. The second kappa shape index (κ2) is 8.89. The largest absolute Gasteiger partial charge is 0.345 e. The average Bonchev–Trinajstić information content (AvgIpc) is 2.50. The van der Waals surface area contributed by atoms with Crippen molar-refractivity contribution in [2.45, 2.75) is 46.1 Å². The van der Waals surface area contributed by atoms with Gasteiger partial charge in [-0.2, -0.15) is 0 Å². The zero-order valence-corrected chi connectivity index (χ0v) is 14.2. The zero-order valence-electron chi connectivity index (χ0n) is 14.2. The lowest BCUT2D eigenvalue weighted by Gasteiger charge is -2.24. The first-order valence-electron chi connectivity index (χ1n) is 8.06. The summed E-state index contributed by atoms with van der Waals surface area (Å²) in [7, 11) is 1.81. The summed E-state index contributed by atoms with van der Waals surface area (Å²) >= 11 is 0. The van der Waals surface area contributed by atoms with Crippen LogP contribution in [0.25, 0.3) is 0 Å². The van der Waals surface area contributed by atoms with Crippen molar-refractivity contribution in [1.82, 2.24) is 4.90 Å². The number of nitrogens with two attached hydrogens (primary N) is 1. The van der Waals surface area contributed by atoms with Gasteiger partial charge in [0.15, 0.2) is 0 Å². The first kappa shape index (κ1) is 18.6. The van der Waals surface area contributed by atoms with E-state index in [1.54, 1.807) is 17.0 Å². The van der Waals surface area contributed by atoms with Crippen molar-refractivity contribution in [2.24, 2.45) is 17.6 Å². The fraction of sp³-hybridized carbons (Fsp3) is 0.611. The number of halogens is 1. The molecule has 0 radical (unpaired) electrons. The minimum absolute atomic E-state index is 0.104. The molecule has 2 atom stereocenters. The van der Waals surface area contributed by atoms with Crippen LogP contribution in [0, 0.1) is 17.7 Å². The van der Waals surface area contributed by atoms with Crippen LogP contribution >= 0.6 is 0 Å². The third-order valence-corrected chi connectivity index (χ3v) is 4.26. The number of aryl methyl sites for hydroxylation is 1. The van der Waals surface area contributed by atoms with E-state index in [9.17, 15) is 9.18 Å². The molecule has 4 heteroatoms. The molecule has 0 aromatic heterocycles. The summed E-state index contributed by atoms with van der Waals surface area (Å²) < 4.78 is 13.6. The quantitative estimate of drug-likeness (QED) is 0.801.